The van der Waals surface area contributed by atoms with Crippen LogP contribution in [0.5, 0.6) is 0 Å². The van der Waals surface area contributed by atoms with Gasteiger partial charge in [-0.2, -0.15) is 0 Å². The van der Waals surface area contributed by atoms with E-state index in [1.165, 1.54) is 12.0 Å². The molecule has 1 rings (SSSR count). The number of hydrogen-bond acceptors (Lipinski definition) is 1. The molecule has 0 aromatic carbocycles. The molecular formula is C14H26O. The van der Waals surface area contributed by atoms with E-state index >= 15 is 0 Å². The Hall–Kier alpha value is -0.300. The average Bonchev–Trinajstić information content (AvgIpc) is 2.66. The molecule has 0 aromatic heterocycles. The van der Waals surface area contributed by atoms with Crippen molar-refractivity contribution in [2.45, 2.75) is 71.8 Å². The first kappa shape index (κ1) is 12.8. The predicted molar refractivity (Wildman–Crippen MR) is 65.9 cm³/mol. The van der Waals surface area contributed by atoms with Gasteiger partial charge in [0.25, 0.3) is 0 Å². The zero-order valence-corrected chi connectivity index (χ0v) is 10.8. The maximum absolute atomic E-state index is 10.6. The summed E-state index contributed by atoms with van der Waals surface area (Å²) >= 11 is 0. The summed E-state index contributed by atoms with van der Waals surface area (Å²) in [6.07, 6.45) is 8.61. The first-order valence-electron chi connectivity index (χ1n) is 6.29. The molecule has 0 aromatic rings. The van der Waals surface area contributed by atoms with E-state index in [-0.39, 0.29) is 0 Å². The normalized spacial score (nSPS) is 21.3. The topological polar surface area (TPSA) is 20.2 Å². The molecule has 0 saturated carbocycles. The molecule has 0 amide bonds. The standard InChI is InChI=1S/C14H26O/c1-5-14(15,11-10-13(2,3)4)12-8-6-7-9-12/h8,15H,5-7,9-11H2,1-4H3. The Balaban J connectivity index is 2.60. The number of aliphatic hydroxyl groups is 1. The van der Waals surface area contributed by atoms with Crippen LogP contribution in [0.1, 0.15) is 66.2 Å². The zero-order valence-electron chi connectivity index (χ0n) is 10.8. The lowest BCUT2D eigenvalue weighted by Crippen LogP contribution is -2.31. The quantitative estimate of drug-likeness (QED) is 0.694. The van der Waals surface area contributed by atoms with E-state index in [9.17, 15) is 5.11 Å². The molecule has 0 bridgehead atoms. The average molecular weight is 210 g/mol. The third-order valence-electron chi connectivity index (χ3n) is 3.51. The van der Waals surface area contributed by atoms with Crippen molar-refractivity contribution in [1.82, 2.24) is 0 Å². The van der Waals surface area contributed by atoms with Gasteiger partial charge in [0.15, 0.2) is 0 Å². The largest absolute Gasteiger partial charge is 0.386 e. The molecule has 1 aliphatic rings. The van der Waals surface area contributed by atoms with Crippen LogP contribution in [0.4, 0.5) is 0 Å². The van der Waals surface area contributed by atoms with Crippen LogP contribution in [-0.4, -0.2) is 10.7 Å². The van der Waals surface area contributed by atoms with Crippen molar-refractivity contribution in [2.24, 2.45) is 5.41 Å². The second kappa shape index (κ2) is 4.69. The first-order chi connectivity index (χ1) is 6.87. The van der Waals surface area contributed by atoms with Crippen molar-refractivity contribution in [3.05, 3.63) is 11.6 Å². The van der Waals surface area contributed by atoms with Gasteiger partial charge in [-0.1, -0.05) is 33.8 Å². The van der Waals surface area contributed by atoms with Crippen molar-refractivity contribution >= 4 is 0 Å². The van der Waals surface area contributed by atoms with Crippen LogP contribution >= 0.6 is 0 Å². The van der Waals surface area contributed by atoms with Crippen LogP contribution in [0, 0.1) is 5.41 Å². The number of rotatable bonds is 4. The van der Waals surface area contributed by atoms with Crippen LogP contribution in [0.15, 0.2) is 11.6 Å². The molecule has 1 aliphatic carbocycles. The van der Waals surface area contributed by atoms with Crippen LogP contribution in [0.3, 0.4) is 0 Å². The molecule has 15 heavy (non-hydrogen) atoms. The summed E-state index contributed by atoms with van der Waals surface area (Å²) in [5.74, 6) is 0. The van der Waals surface area contributed by atoms with Gasteiger partial charge in [-0.05, 0) is 49.5 Å². The molecule has 1 N–H and O–H groups in total. The Labute approximate surface area is 94.6 Å². The summed E-state index contributed by atoms with van der Waals surface area (Å²) in [6.45, 7) is 8.83. The highest BCUT2D eigenvalue weighted by Gasteiger charge is 2.31. The molecule has 0 fully saturated rings. The van der Waals surface area contributed by atoms with E-state index in [1.807, 2.05) is 0 Å². The van der Waals surface area contributed by atoms with Crippen molar-refractivity contribution in [3.8, 4) is 0 Å². The van der Waals surface area contributed by atoms with Crippen molar-refractivity contribution < 1.29 is 5.11 Å². The van der Waals surface area contributed by atoms with Gasteiger partial charge in [-0.25, -0.2) is 0 Å². The molecule has 0 saturated heterocycles. The van der Waals surface area contributed by atoms with Gasteiger partial charge in [0, 0.05) is 0 Å². The summed E-state index contributed by atoms with van der Waals surface area (Å²) in [5.41, 5.74) is 1.11. The molecule has 1 heteroatoms. The Kier molecular flexibility index (Phi) is 3.99. The molecule has 0 spiro atoms. The monoisotopic (exact) mass is 210 g/mol. The van der Waals surface area contributed by atoms with Gasteiger partial charge in [0.1, 0.15) is 0 Å². The van der Waals surface area contributed by atoms with E-state index in [0.29, 0.717) is 5.41 Å². The SMILES string of the molecule is CCC(O)(CCC(C)(C)C)C1=CCCC1. The Morgan fingerprint density at radius 3 is 2.33 bits per heavy atom. The fraction of sp³-hybridized carbons (Fsp3) is 0.857. The predicted octanol–water partition coefficient (Wildman–Crippen LogP) is 4.06. The van der Waals surface area contributed by atoms with Gasteiger partial charge in [0.05, 0.1) is 5.60 Å². The number of hydrogen-bond donors (Lipinski definition) is 1. The Bertz CT molecular complexity index is 234. The minimum Gasteiger partial charge on any atom is -0.386 e. The maximum atomic E-state index is 10.6. The highest BCUT2D eigenvalue weighted by molar-refractivity contribution is 5.20. The van der Waals surface area contributed by atoms with Gasteiger partial charge in [-0.15, -0.1) is 0 Å². The van der Waals surface area contributed by atoms with E-state index in [0.717, 1.165) is 32.1 Å². The molecule has 0 heterocycles. The summed E-state index contributed by atoms with van der Waals surface area (Å²) in [7, 11) is 0. The third kappa shape index (κ3) is 3.64. The second-order valence-corrected chi connectivity index (χ2v) is 6.07. The summed E-state index contributed by atoms with van der Waals surface area (Å²) < 4.78 is 0. The van der Waals surface area contributed by atoms with E-state index in [2.05, 4.69) is 33.8 Å². The molecule has 1 nitrogen and oxygen atoms in total. The van der Waals surface area contributed by atoms with E-state index < -0.39 is 5.60 Å². The third-order valence-corrected chi connectivity index (χ3v) is 3.51. The Morgan fingerprint density at radius 2 is 1.93 bits per heavy atom. The van der Waals surface area contributed by atoms with Crippen molar-refractivity contribution in [2.75, 3.05) is 0 Å². The molecular weight excluding hydrogens is 184 g/mol. The lowest BCUT2D eigenvalue weighted by atomic mass is 9.80. The fourth-order valence-corrected chi connectivity index (χ4v) is 2.24. The molecule has 0 aliphatic heterocycles. The first-order valence-corrected chi connectivity index (χ1v) is 6.29. The highest BCUT2D eigenvalue weighted by Crippen LogP contribution is 2.36. The second-order valence-electron chi connectivity index (χ2n) is 6.07. The zero-order chi connectivity index (χ0) is 11.5. The molecule has 1 atom stereocenters. The lowest BCUT2D eigenvalue weighted by Gasteiger charge is -2.32. The minimum absolute atomic E-state index is 0.322. The van der Waals surface area contributed by atoms with Crippen LogP contribution in [-0.2, 0) is 0 Å². The van der Waals surface area contributed by atoms with E-state index in [1.54, 1.807) is 0 Å². The van der Waals surface area contributed by atoms with Crippen LogP contribution in [0.2, 0.25) is 0 Å². The Morgan fingerprint density at radius 1 is 1.27 bits per heavy atom. The van der Waals surface area contributed by atoms with Crippen molar-refractivity contribution in [1.29, 1.82) is 0 Å². The van der Waals surface area contributed by atoms with Gasteiger partial charge < -0.3 is 5.11 Å². The summed E-state index contributed by atoms with van der Waals surface area (Å²) in [4.78, 5) is 0. The molecule has 1 unspecified atom stereocenters. The summed E-state index contributed by atoms with van der Waals surface area (Å²) in [6, 6.07) is 0. The molecule has 88 valence electrons. The summed E-state index contributed by atoms with van der Waals surface area (Å²) in [5, 5.41) is 10.6. The van der Waals surface area contributed by atoms with Crippen LogP contribution < -0.4 is 0 Å². The van der Waals surface area contributed by atoms with Gasteiger partial charge in [-0.3, -0.25) is 0 Å². The minimum atomic E-state index is -0.510. The lowest BCUT2D eigenvalue weighted by molar-refractivity contribution is 0.0505. The van der Waals surface area contributed by atoms with Crippen LogP contribution in [0.25, 0.3) is 0 Å². The highest BCUT2D eigenvalue weighted by atomic mass is 16.3. The smallest absolute Gasteiger partial charge is 0.0854 e. The van der Waals surface area contributed by atoms with E-state index in [4.69, 9.17) is 0 Å². The van der Waals surface area contributed by atoms with Gasteiger partial charge in [0.2, 0.25) is 0 Å². The number of allylic oxidation sites excluding steroid dienone is 1. The van der Waals surface area contributed by atoms with Crippen molar-refractivity contribution in [3.63, 3.8) is 0 Å². The fourth-order valence-electron chi connectivity index (χ4n) is 2.24. The molecule has 0 radical (unpaired) electrons. The maximum Gasteiger partial charge on any atom is 0.0854 e. The van der Waals surface area contributed by atoms with Gasteiger partial charge >= 0.3 is 0 Å².